The standard InChI is InChI=1S/C13H12BrF2NS/c1-7-3-4-18-13(7)8(2)17-12-5-9(14)10(15)6-11(12)16/h3-6,8,17H,1-2H3. The van der Waals surface area contributed by atoms with Gasteiger partial charge in [0.15, 0.2) is 0 Å². The van der Waals surface area contributed by atoms with Gasteiger partial charge in [0.2, 0.25) is 0 Å². The van der Waals surface area contributed by atoms with E-state index in [2.05, 4.69) is 21.2 Å². The molecule has 0 aliphatic rings. The Morgan fingerprint density at radius 3 is 2.61 bits per heavy atom. The van der Waals surface area contributed by atoms with Crippen molar-refractivity contribution in [2.45, 2.75) is 19.9 Å². The zero-order valence-corrected chi connectivity index (χ0v) is 12.3. The van der Waals surface area contributed by atoms with Crippen molar-refractivity contribution in [1.82, 2.24) is 0 Å². The van der Waals surface area contributed by atoms with E-state index in [9.17, 15) is 8.78 Å². The lowest BCUT2D eigenvalue weighted by Crippen LogP contribution is -2.08. The van der Waals surface area contributed by atoms with Gasteiger partial charge < -0.3 is 5.32 Å². The Morgan fingerprint density at radius 2 is 2.00 bits per heavy atom. The van der Waals surface area contributed by atoms with Crippen LogP contribution in [0.25, 0.3) is 0 Å². The van der Waals surface area contributed by atoms with Crippen LogP contribution in [-0.4, -0.2) is 0 Å². The second-order valence-corrected chi connectivity index (χ2v) is 5.88. The Kier molecular flexibility index (Phi) is 4.02. The Labute approximate surface area is 117 Å². The fourth-order valence-corrected chi connectivity index (χ4v) is 3.04. The highest BCUT2D eigenvalue weighted by molar-refractivity contribution is 9.10. The molecule has 2 aromatic rings. The number of rotatable bonds is 3. The maximum Gasteiger partial charge on any atom is 0.149 e. The van der Waals surface area contributed by atoms with E-state index >= 15 is 0 Å². The Balaban J connectivity index is 2.24. The van der Waals surface area contributed by atoms with Gasteiger partial charge in [-0.05, 0) is 52.9 Å². The Bertz CT molecular complexity index is 568. The molecular formula is C13H12BrF2NS. The highest BCUT2D eigenvalue weighted by atomic mass is 79.9. The number of hydrogen-bond donors (Lipinski definition) is 1. The second kappa shape index (κ2) is 5.36. The van der Waals surface area contributed by atoms with Gasteiger partial charge in [0.25, 0.3) is 0 Å². The molecule has 0 aliphatic heterocycles. The summed E-state index contributed by atoms with van der Waals surface area (Å²) in [6, 6.07) is 4.30. The van der Waals surface area contributed by atoms with Gasteiger partial charge in [-0.15, -0.1) is 11.3 Å². The van der Waals surface area contributed by atoms with E-state index in [-0.39, 0.29) is 10.5 Å². The molecule has 1 nitrogen and oxygen atoms in total. The fraction of sp³-hybridized carbons (Fsp3) is 0.231. The lowest BCUT2D eigenvalue weighted by atomic mass is 10.2. The third-order valence-corrected chi connectivity index (χ3v) is 4.49. The van der Waals surface area contributed by atoms with Crippen LogP contribution in [0.2, 0.25) is 0 Å². The minimum atomic E-state index is -0.599. The Hall–Kier alpha value is -0.940. The highest BCUT2D eigenvalue weighted by Gasteiger charge is 2.13. The maximum atomic E-state index is 13.6. The van der Waals surface area contributed by atoms with Crippen LogP contribution in [0.4, 0.5) is 14.5 Å². The van der Waals surface area contributed by atoms with Crippen LogP contribution in [-0.2, 0) is 0 Å². The van der Waals surface area contributed by atoms with Gasteiger partial charge in [-0.1, -0.05) is 0 Å². The number of nitrogens with one attached hydrogen (secondary N) is 1. The predicted molar refractivity (Wildman–Crippen MR) is 75.2 cm³/mol. The summed E-state index contributed by atoms with van der Waals surface area (Å²) in [4.78, 5) is 1.15. The lowest BCUT2D eigenvalue weighted by molar-refractivity contribution is 0.579. The molecule has 1 aromatic carbocycles. The summed E-state index contributed by atoms with van der Waals surface area (Å²) in [6.07, 6.45) is 0. The molecule has 1 atom stereocenters. The molecule has 5 heteroatoms. The fourth-order valence-electron chi connectivity index (χ4n) is 1.76. The van der Waals surface area contributed by atoms with Crippen LogP contribution in [0.1, 0.15) is 23.4 Å². The molecule has 2 rings (SSSR count). The van der Waals surface area contributed by atoms with Crippen LogP contribution < -0.4 is 5.32 Å². The van der Waals surface area contributed by atoms with Gasteiger partial charge >= 0.3 is 0 Å². The number of benzene rings is 1. The average Bonchev–Trinajstić information content (AvgIpc) is 2.72. The number of hydrogen-bond acceptors (Lipinski definition) is 2. The molecule has 0 bridgehead atoms. The van der Waals surface area contributed by atoms with Gasteiger partial charge in [-0.2, -0.15) is 0 Å². The van der Waals surface area contributed by atoms with E-state index in [1.807, 2.05) is 25.3 Å². The molecule has 1 unspecified atom stereocenters. The van der Waals surface area contributed by atoms with Crippen LogP contribution in [0.15, 0.2) is 28.1 Å². The molecule has 0 spiro atoms. The molecule has 1 aromatic heterocycles. The Morgan fingerprint density at radius 1 is 1.28 bits per heavy atom. The molecule has 96 valence electrons. The van der Waals surface area contributed by atoms with E-state index in [0.717, 1.165) is 10.9 Å². The first-order valence-electron chi connectivity index (χ1n) is 5.44. The van der Waals surface area contributed by atoms with Crippen molar-refractivity contribution in [3.8, 4) is 0 Å². The first-order chi connectivity index (χ1) is 8.49. The molecule has 0 radical (unpaired) electrons. The normalized spacial score (nSPS) is 12.5. The molecule has 1 N–H and O–H groups in total. The topological polar surface area (TPSA) is 12.0 Å². The summed E-state index contributed by atoms with van der Waals surface area (Å²) < 4.78 is 27.0. The monoisotopic (exact) mass is 331 g/mol. The van der Waals surface area contributed by atoms with Gasteiger partial charge in [0, 0.05) is 10.9 Å². The number of aryl methyl sites for hydroxylation is 1. The van der Waals surface area contributed by atoms with Crippen LogP contribution in [0, 0.1) is 18.6 Å². The minimum absolute atomic E-state index is 0.0168. The summed E-state index contributed by atoms with van der Waals surface area (Å²) in [5.41, 5.74) is 1.46. The van der Waals surface area contributed by atoms with E-state index in [1.54, 1.807) is 11.3 Å². The molecule has 0 saturated carbocycles. The summed E-state index contributed by atoms with van der Waals surface area (Å²) in [5.74, 6) is -1.19. The molecule has 0 aliphatic carbocycles. The quantitative estimate of drug-likeness (QED) is 0.755. The third-order valence-electron chi connectivity index (χ3n) is 2.68. The van der Waals surface area contributed by atoms with Crippen molar-refractivity contribution in [1.29, 1.82) is 0 Å². The number of thiophene rings is 1. The van der Waals surface area contributed by atoms with E-state index in [1.165, 1.54) is 11.6 Å². The zero-order chi connectivity index (χ0) is 13.3. The zero-order valence-electron chi connectivity index (χ0n) is 9.93. The number of anilines is 1. The summed E-state index contributed by atoms with van der Waals surface area (Å²) in [6.45, 7) is 3.97. The summed E-state index contributed by atoms with van der Waals surface area (Å²) in [7, 11) is 0. The van der Waals surface area contributed by atoms with Crippen molar-refractivity contribution in [2.75, 3.05) is 5.32 Å². The minimum Gasteiger partial charge on any atom is -0.375 e. The van der Waals surface area contributed by atoms with Crippen molar-refractivity contribution in [3.05, 3.63) is 50.1 Å². The van der Waals surface area contributed by atoms with Crippen LogP contribution in [0.3, 0.4) is 0 Å². The molecule has 0 amide bonds. The van der Waals surface area contributed by atoms with Gasteiger partial charge in [0.1, 0.15) is 11.6 Å². The van der Waals surface area contributed by atoms with Crippen molar-refractivity contribution in [2.24, 2.45) is 0 Å². The van der Waals surface area contributed by atoms with Gasteiger partial charge in [0.05, 0.1) is 16.2 Å². The average molecular weight is 332 g/mol. The predicted octanol–water partition coefficient (Wildman–Crippen LogP) is 5.27. The molecule has 0 fully saturated rings. The van der Waals surface area contributed by atoms with Gasteiger partial charge in [-0.25, -0.2) is 8.78 Å². The van der Waals surface area contributed by atoms with E-state index < -0.39 is 11.6 Å². The molecule has 18 heavy (non-hydrogen) atoms. The second-order valence-electron chi connectivity index (χ2n) is 4.08. The maximum absolute atomic E-state index is 13.6. The molecular weight excluding hydrogens is 320 g/mol. The summed E-state index contributed by atoms with van der Waals surface area (Å²) >= 11 is 4.67. The van der Waals surface area contributed by atoms with Crippen molar-refractivity contribution in [3.63, 3.8) is 0 Å². The number of halogens is 3. The van der Waals surface area contributed by atoms with E-state index in [4.69, 9.17) is 0 Å². The smallest absolute Gasteiger partial charge is 0.149 e. The summed E-state index contributed by atoms with van der Waals surface area (Å²) in [5, 5.41) is 5.06. The van der Waals surface area contributed by atoms with Crippen molar-refractivity contribution < 1.29 is 8.78 Å². The van der Waals surface area contributed by atoms with Crippen LogP contribution in [0.5, 0.6) is 0 Å². The van der Waals surface area contributed by atoms with Gasteiger partial charge in [-0.3, -0.25) is 0 Å². The van der Waals surface area contributed by atoms with E-state index in [0.29, 0.717) is 5.69 Å². The largest absolute Gasteiger partial charge is 0.375 e. The first kappa shape index (κ1) is 13.5. The van der Waals surface area contributed by atoms with Crippen molar-refractivity contribution >= 4 is 33.0 Å². The third kappa shape index (κ3) is 2.72. The van der Waals surface area contributed by atoms with Crippen LogP contribution >= 0.6 is 27.3 Å². The molecule has 0 saturated heterocycles. The SMILES string of the molecule is Cc1ccsc1C(C)Nc1cc(Br)c(F)cc1F. The first-order valence-corrected chi connectivity index (χ1v) is 7.11. The lowest BCUT2D eigenvalue weighted by Gasteiger charge is -2.16. The highest BCUT2D eigenvalue weighted by Crippen LogP contribution is 2.30. The molecule has 1 heterocycles.